The Labute approximate surface area is 160 Å². The first-order valence-corrected chi connectivity index (χ1v) is 9.27. The molecule has 26 heavy (non-hydrogen) atoms. The van der Waals surface area contributed by atoms with Crippen molar-refractivity contribution in [3.05, 3.63) is 42.7 Å². The summed E-state index contributed by atoms with van der Waals surface area (Å²) in [6.45, 7) is 11.1. The number of hydrogen-bond donors (Lipinski definition) is 2. The number of aromatic nitrogens is 2. The number of nitrogens with zero attached hydrogens (tertiary/aromatic N) is 2. The molecule has 3 rings (SSSR count). The number of thiocarbonyl (C=S) groups is 1. The maximum atomic E-state index is 5.59. The Morgan fingerprint density at radius 3 is 2.35 bits per heavy atom. The van der Waals surface area contributed by atoms with E-state index >= 15 is 0 Å². The highest BCUT2D eigenvalue weighted by Gasteiger charge is 2.26. The van der Waals surface area contributed by atoms with Gasteiger partial charge in [0.05, 0.1) is 16.7 Å². The van der Waals surface area contributed by atoms with Gasteiger partial charge in [-0.25, -0.2) is 0 Å². The second kappa shape index (κ2) is 6.80. The van der Waals surface area contributed by atoms with Crippen LogP contribution < -0.4 is 10.6 Å². The molecule has 0 radical (unpaired) electrons. The summed E-state index contributed by atoms with van der Waals surface area (Å²) in [6, 6.07) is 10.0. The van der Waals surface area contributed by atoms with E-state index in [-0.39, 0.29) is 11.0 Å². The molecule has 0 aliphatic carbocycles. The topological polar surface area (TPSA) is 49.8 Å². The van der Waals surface area contributed by atoms with Crippen molar-refractivity contribution < 1.29 is 0 Å². The zero-order valence-electron chi connectivity index (χ0n) is 16.1. The van der Waals surface area contributed by atoms with E-state index < -0.39 is 0 Å². The number of hydrogen-bond acceptors (Lipinski definition) is 3. The van der Waals surface area contributed by atoms with Gasteiger partial charge in [0.2, 0.25) is 0 Å². The average molecular weight is 367 g/mol. The monoisotopic (exact) mass is 366 g/mol. The molecule has 0 amide bonds. The molecule has 0 saturated carbocycles. The SMILES string of the molecule is CC(C)(C)CC(C)(C)NC(=S)Nc1cc2cccnc2c2cccnc12. The van der Waals surface area contributed by atoms with Crippen LogP contribution in [0.2, 0.25) is 0 Å². The van der Waals surface area contributed by atoms with Gasteiger partial charge in [0.25, 0.3) is 0 Å². The molecule has 0 unspecified atom stereocenters. The van der Waals surface area contributed by atoms with Crippen molar-refractivity contribution >= 4 is 44.8 Å². The Kier molecular flexibility index (Phi) is 4.84. The fraction of sp³-hybridized carbons (Fsp3) is 0.381. The van der Waals surface area contributed by atoms with Crippen LogP contribution in [0.25, 0.3) is 21.8 Å². The molecule has 0 aliphatic heterocycles. The van der Waals surface area contributed by atoms with Crippen LogP contribution in [0.1, 0.15) is 41.0 Å². The molecule has 0 saturated heterocycles. The number of fused-ring (bicyclic) bond motifs is 3. The zero-order chi connectivity index (χ0) is 18.9. The molecule has 0 bridgehead atoms. The first-order valence-electron chi connectivity index (χ1n) is 8.86. The van der Waals surface area contributed by atoms with Gasteiger partial charge in [-0.3, -0.25) is 9.97 Å². The van der Waals surface area contributed by atoms with E-state index in [0.717, 1.165) is 33.9 Å². The van der Waals surface area contributed by atoms with Gasteiger partial charge in [0, 0.05) is 28.7 Å². The van der Waals surface area contributed by atoms with Crippen molar-refractivity contribution in [1.29, 1.82) is 0 Å². The molecule has 4 nitrogen and oxygen atoms in total. The summed E-state index contributed by atoms with van der Waals surface area (Å²) in [5.74, 6) is 0. The van der Waals surface area contributed by atoms with Gasteiger partial charge < -0.3 is 10.6 Å². The van der Waals surface area contributed by atoms with E-state index in [9.17, 15) is 0 Å². The highest BCUT2D eigenvalue weighted by Crippen LogP contribution is 2.30. The van der Waals surface area contributed by atoms with Crippen molar-refractivity contribution in [2.75, 3.05) is 5.32 Å². The van der Waals surface area contributed by atoms with Crippen molar-refractivity contribution in [2.45, 2.75) is 46.6 Å². The maximum absolute atomic E-state index is 5.59. The zero-order valence-corrected chi connectivity index (χ0v) is 16.9. The Hall–Kier alpha value is -2.27. The maximum Gasteiger partial charge on any atom is 0.171 e. The van der Waals surface area contributed by atoms with Crippen LogP contribution in [-0.2, 0) is 0 Å². The van der Waals surface area contributed by atoms with E-state index in [0.29, 0.717) is 5.11 Å². The molecule has 0 spiro atoms. The highest BCUT2D eigenvalue weighted by molar-refractivity contribution is 7.80. The average Bonchev–Trinajstić information content (AvgIpc) is 2.52. The predicted molar refractivity (Wildman–Crippen MR) is 115 cm³/mol. The second-order valence-electron chi connectivity index (χ2n) is 8.60. The van der Waals surface area contributed by atoms with Crippen LogP contribution in [0.4, 0.5) is 5.69 Å². The largest absolute Gasteiger partial charge is 0.358 e. The molecule has 0 aliphatic rings. The predicted octanol–water partition coefficient (Wildman–Crippen LogP) is 5.28. The Bertz CT molecular complexity index is 957. The summed E-state index contributed by atoms with van der Waals surface area (Å²) < 4.78 is 0. The Morgan fingerprint density at radius 1 is 1.00 bits per heavy atom. The Balaban J connectivity index is 1.92. The van der Waals surface area contributed by atoms with Crippen molar-refractivity contribution in [3.63, 3.8) is 0 Å². The summed E-state index contributed by atoms with van der Waals surface area (Å²) in [4.78, 5) is 9.06. The van der Waals surface area contributed by atoms with Crippen LogP contribution in [-0.4, -0.2) is 20.6 Å². The van der Waals surface area contributed by atoms with Gasteiger partial charge in [-0.1, -0.05) is 26.8 Å². The molecule has 0 atom stereocenters. The third-order valence-electron chi connectivity index (χ3n) is 4.13. The minimum Gasteiger partial charge on any atom is -0.358 e. The van der Waals surface area contributed by atoms with Gasteiger partial charge in [0.15, 0.2) is 5.11 Å². The summed E-state index contributed by atoms with van der Waals surface area (Å²) in [5.41, 5.74) is 2.83. The minimum atomic E-state index is -0.107. The number of benzene rings is 1. The molecule has 2 aromatic heterocycles. The molecule has 1 aromatic carbocycles. The lowest BCUT2D eigenvalue weighted by Gasteiger charge is -2.34. The van der Waals surface area contributed by atoms with E-state index in [1.165, 1.54) is 0 Å². The van der Waals surface area contributed by atoms with Crippen LogP contribution in [0.15, 0.2) is 42.7 Å². The first-order chi connectivity index (χ1) is 12.1. The third kappa shape index (κ3) is 4.28. The van der Waals surface area contributed by atoms with Gasteiger partial charge in [-0.15, -0.1) is 0 Å². The lowest BCUT2D eigenvalue weighted by atomic mass is 9.82. The molecule has 5 heteroatoms. The molecule has 2 N–H and O–H groups in total. The first kappa shape index (κ1) is 18.5. The van der Waals surface area contributed by atoms with E-state index in [2.05, 4.69) is 67.4 Å². The normalized spacial score (nSPS) is 12.3. The van der Waals surface area contributed by atoms with Crippen LogP contribution in [0.5, 0.6) is 0 Å². The molecular formula is C21H26N4S. The van der Waals surface area contributed by atoms with Crippen molar-refractivity contribution in [3.8, 4) is 0 Å². The van der Waals surface area contributed by atoms with Crippen LogP contribution in [0.3, 0.4) is 0 Å². The second-order valence-corrected chi connectivity index (χ2v) is 9.01. The lowest BCUT2D eigenvalue weighted by molar-refractivity contribution is 0.268. The highest BCUT2D eigenvalue weighted by atomic mass is 32.1. The molecular weight excluding hydrogens is 340 g/mol. The number of nitrogens with one attached hydrogen (secondary N) is 2. The van der Waals surface area contributed by atoms with Gasteiger partial charge in [-0.05, 0) is 62.2 Å². The summed E-state index contributed by atoms with van der Waals surface area (Å²) >= 11 is 5.59. The van der Waals surface area contributed by atoms with E-state index in [1.54, 1.807) is 6.20 Å². The van der Waals surface area contributed by atoms with Crippen LogP contribution >= 0.6 is 12.2 Å². The third-order valence-corrected chi connectivity index (χ3v) is 4.33. The summed E-state index contributed by atoms with van der Waals surface area (Å²) in [6.07, 6.45) is 4.61. The molecule has 3 aromatic rings. The van der Waals surface area contributed by atoms with Gasteiger partial charge in [0.1, 0.15) is 0 Å². The standard InChI is InChI=1S/C21H26N4S/c1-20(2,3)13-21(4,5)25-19(26)24-16-12-14-8-6-10-22-17(14)15-9-7-11-23-18(15)16/h6-12H,13H2,1-5H3,(H2,24,25,26). The van der Waals surface area contributed by atoms with Gasteiger partial charge in [-0.2, -0.15) is 0 Å². The quantitative estimate of drug-likeness (QED) is 0.487. The van der Waals surface area contributed by atoms with Gasteiger partial charge >= 0.3 is 0 Å². The minimum absolute atomic E-state index is 0.107. The molecule has 2 heterocycles. The van der Waals surface area contributed by atoms with Crippen molar-refractivity contribution in [1.82, 2.24) is 15.3 Å². The molecule has 0 fully saturated rings. The van der Waals surface area contributed by atoms with E-state index in [4.69, 9.17) is 12.2 Å². The summed E-state index contributed by atoms with van der Waals surface area (Å²) in [7, 11) is 0. The van der Waals surface area contributed by atoms with E-state index in [1.807, 2.05) is 24.4 Å². The summed E-state index contributed by atoms with van der Waals surface area (Å²) in [5, 5.41) is 9.49. The smallest absolute Gasteiger partial charge is 0.171 e. The number of anilines is 1. The molecule has 136 valence electrons. The van der Waals surface area contributed by atoms with Crippen molar-refractivity contribution in [2.24, 2.45) is 5.41 Å². The fourth-order valence-electron chi connectivity index (χ4n) is 3.72. The van der Waals surface area contributed by atoms with Crippen LogP contribution in [0, 0.1) is 5.41 Å². The number of pyridine rings is 2. The fourth-order valence-corrected chi connectivity index (χ4v) is 4.11. The number of rotatable bonds is 3. The lowest BCUT2D eigenvalue weighted by Crippen LogP contribution is -2.47. The Morgan fingerprint density at radius 2 is 1.65 bits per heavy atom.